The van der Waals surface area contributed by atoms with Gasteiger partial charge >= 0.3 is 0 Å². The van der Waals surface area contributed by atoms with Gasteiger partial charge in [-0.1, -0.05) is 112 Å². The number of aryl methyl sites for hydroxylation is 2. The molecule has 4 rings (SSSR count). The Balaban J connectivity index is 1.85. The molecule has 0 amide bonds. The Morgan fingerprint density at radius 1 is 0.659 bits per heavy atom. The van der Waals surface area contributed by atoms with Gasteiger partial charge in [0.05, 0.1) is 6.61 Å². The van der Waals surface area contributed by atoms with E-state index in [9.17, 15) is 10.2 Å². The van der Waals surface area contributed by atoms with Crippen LogP contribution in [0, 0.1) is 13.8 Å². The number of hydrogen-bond donors (Lipinski definition) is 2. The maximum absolute atomic E-state index is 11.9. The standard InChI is InChI=1S/C37H45NO3/c1-26-20-27(2)34(39)28(21-26)24-38(18-19-41-7)25-29-22-32(36(3,4)30-14-10-8-11-15-30)23-33(35(29)40)37(5,6)31-16-12-9-13-17-31/h8-17,20-23,39-40H,18-19,24-25H2,1-7H3. The van der Waals surface area contributed by atoms with Crippen LogP contribution in [-0.4, -0.2) is 35.4 Å². The molecule has 0 bridgehead atoms. The highest BCUT2D eigenvalue weighted by molar-refractivity contribution is 5.54. The Morgan fingerprint density at radius 2 is 1.20 bits per heavy atom. The van der Waals surface area contributed by atoms with Crippen molar-refractivity contribution in [3.8, 4) is 11.5 Å². The van der Waals surface area contributed by atoms with Crippen molar-refractivity contribution in [1.82, 2.24) is 4.90 Å². The van der Waals surface area contributed by atoms with Crippen molar-refractivity contribution in [2.45, 2.75) is 65.5 Å². The highest BCUT2D eigenvalue weighted by atomic mass is 16.5. The van der Waals surface area contributed by atoms with Gasteiger partial charge in [-0.25, -0.2) is 0 Å². The lowest BCUT2D eigenvalue weighted by Crippen LogP contribution is -2.28. The van der Waals surface area contributed by atoms with Gasteiger partial charge in [0.2, 0.25) is 0 Å². The summed E-state index contributed by atoms with van der Waals surface area (Å²) in [5, 5.41) is 22.8. The van der Waals surface area contributed by atoms with Crippen LogP contribution in [0.1, 0.15) is 72.2 Å². The molecular weight excluding hydrogens is 506 g/mol. The maximum atomic E-state index is 11.9. The fraction of sp³-hybridized carbons (Fsp3) is 0.351. The molecule has 0 atom stereocenters. The zero-order valence-corrected chi connectivity index (χ0v) is 25.7. The van der Waals surface area contributed by atoms with E-state index in [-0.39, 0.29) is 5.41 Å². The molecule has 0 heterocycles. The molecule has 0 aliphatic rings. The minimum absolute atomic E-state index is 0.283. The van der Waals surface area contributed by atoms with Crippen molar-refractivity contribution in [2.24, 2.45) is 0 Å². The van der Waals surface area contributed by atoms with Gasteiger partial charge in [-0.15, -0.1) is 0 Å². The molecule has 216 valence electrons. The van der Waals surface area contributed by atoms with Gasteiger partial charge in [0, 0.05) is 54.3 Å². The Morgan fingerprint density at radius 3 is 1.76 bits per heavy atom. The van der Waals surface area contributed by atoms with E-state index in [2.05, 4.69) is 93.3 Å². The molecule has 41 heavy (non-hydrogen) atoms. The van der Waals surface area contributed by atoms with Crippen molar-refractivity contribution < 1.29 is 14.9 Å². The fourth-order valence-electron chi connectivity index (χ4n) is 5.77. The molecule has 0 aromatic heterocycles. The molecule has 0 aliphatic carbocycles. The Hall–Kier alpha value is -3.60. The zero-order chi connectivity index (χ0) is 29.8. The summed E-state index contributed by atoms with van der Waals surface area (Å²) >= 11 is 0. The van der Waals surface area contributed by atoms with Crippen LogP contribution in [-0.2, 0) is 28.7 Å². The zero-order valence-electron chi connectivity index (χ0n) is 25.7. The summed E-state index contributed by atoms with van der Waals surface area (Å²) in [6, 6.07) is 29.3. The lowest BCUT2D eigenvalue weighted by atomic mass is 9.72. The Bertz CT molecular complexity index is 1460. The van der Waals surface area contributed by atoms with Crippen LogP contribution in [0.3, 0.4) is 0 Å². The van der Waals surface area contributed by atoms with Crippen LogP contribution in [0.2, 0.25) is 0 Å². The third-order valence-electron chi connectivity index (χ3n) is 8.50. The van der Waals surface area contributed by atoms with E-state index in [1.165, 1.54) is 5.56 Å². The van der Waals surface area contributed by atoms with Crippen LogP contribution in [0.4, 0.5) is 0 Å². The molecule has 4 aromatic carbocycles. The average molecular weight is 552 g/mol. The third-order valence-corrected chi connectivity index (χ3v) is 8.50. The number of nitrogens with zero attached hydrogens (tertiary/aromatic N) is 1. The number of phenolic OH excluding ortho intramolecular Hbond substituents is 2. The summed E-state index contributed by atoms with van der Waals surface area (Å²) in [6.07, 6.45) is 0. The first kappa shape index (κ1) is 30.4. The summed E-state index contributed by atoms with van der Waals surface area (Å²) < 4.78 is 5.46. The highest BCUT2D eigenvalue weighted by Crippen LogP contribution is 2.43. The predicted octanol–water partition coefficient (Wildman–Crippen LogP) is 8.02. The van der Waals surface area contributed by atoms with Gasteiger partial charge in [-0.05, 0) is 42.2 Å². The van der Waals surface area contributed by atoms with Crippen LogP contribution in [0.25, 0.3) is 0 Å². The Kier molecular flexibility index (Phi) is 9.26. The minimum Gasteiger partial charge on any atom is -0.507 e. The summed E-state index contributed by atoms with van der Waals surface area (Å²) in [7, 11) is 1.70. The average Bonchev–Trinajstić information content (AvgIpc) is 2.96. The molecule has 0 spiro atoms. The van der Waals surface area contributed by atoms with Gasteiger partial charge in [-0.2, -0.15) is 0 Å². The van der Waals surface area contributed by atoms with E-state index in [4.69, 9.17) is 4.74 Å². The molecule has 4 aromatic rings. The number of ether oxygens (including phenoxy) is 1. The van der Waals surface area contributed by atoms with E-state index in [1.807, 2.05) is 38.1 Å². The highest BCUT2D eigenvalue weighted by Gasteiger charge is 2.32. The molecule has 4 heteroatoms. The summed E-state index contributed by atoms with van der Waals surface area (Å²) in [4.78, 5) is 2.24. The van der Waals surface area contributed by atoms with E-state index < -0.39 is 5.41 Å². The first-order chi connectivity index (χ1) is 19.4. The van der Waals surface area contributed by atoms with Gasteiger partial charge in [0.25, 0.3) is 0 Å². The second-order valence-corrected chi connectivity index (χ2v) is 12.3. The fourth-order valence-corrected chi connectivity index (χ4v) is 5.77. The van der Waals surface area contributed by atoms with Crippen LogP contribution >= 0.6 is 0 Å². The smallest absolute Gasteiger partial charge is 0.124 e. The molecule has 0 aliphatic heterocycles. The number of benzene rings is 4. The van der Waals surface area contributed by atoms with Crippen LogP contribution in [0.15, 0.2) is 84.9 Å². The lowest BCUT2D eigenvalue weighted by Gasteiger charge is -2.33. The topological polar surface area (TPSA) is 52.9 Å². The monoisotopic (exact) mass is 551 g/mol. The SMILES string of the molecule is COCCN(Cc1cc(C)cc(C)c1O)Cc1cc(C(C)(C)c2ccccc2)cc(C(C)(C)c2ccccc2)c1O. The van der Waals surface area contributed by atoms with Crippen LogP contribution in [0.5, 0.6) is 11.5 Å². The van der Waals surface area contributed by atoms with E-state index >= 15 is 0 Å². The molecule has 4 nitrogen and oxygen atoms in total. The van der Waals surface area contributed by atoms with Crippen molar-refractivity contribution in [3.05, 3.63) is 129 Å². The quantitative estimate of drug-likeness (QED) is 0.198. The second kappa shape index (κ2) is 12.5. The molecule has 0 saturated heterocycles. The molecule has 0 unspecified atom stereocenters. The minimum atomic E-state index is -0.424. The first-order valence-electron chi connectivity index (χ1n) is 14.4. The van der Waals surface area contributed by atoms with Crippen molar-refractivity contribution in [3.63, 3.8) is 0 Å². The van der Waals surface area contributed by atoms with Gasteiger partial charge in [-0.3, -0.25) is 4.90 Å². The number of hydrogen-bond acceptors (Lipinski definition) is 4. The van der Waals surface area contributed by atoms with Gasteiger partial charge in [0.15, 0.2) is 0 Å². The van der Waals surface area contributed by atoms with Crippen molar-refractivity contribution >= 4 is 0 Å². The second-order valence-electron chi connectivity index (χ2n) is 12.3. The number of phenols is 2. The molecule has 0 fully saturated rings. The maximum Gasteiger partial charge on any atom is 0.124 e. The van der Waals surface area contributed by atoms with Crippen molar-refractivity contribution in [1.29, 1.82) is 0 Å². The predicted molar refractivity (Wildman–Crippen MR) is 169 cm³/mol. The van der Waals surface area contributed by atoms with Crippen LogP contribution < -0.4 is 0 Å². The first-order valence-corrected chi connectivity index (χ1v) is 14.4. The summed E-state index contributed by atoms with van der Waals surface area (Å²) in [5.41, 5.74) is 7.44. The molecule has 2 N–H and O–H groups in total. The largest absolute Gasteiger partial charge is 0.507 e. The molecule has 0 radical (unpaired) electrons. The van der Waals surface area contributed by atoms with Crippen molar-refractivity contribution in [2.75, 3.05) is 20.3 Å². The van der Waals surface area contributed by atoms with Gasteiger partial charge < -0.3 is 14.9 Å². The summed E-state index contributed by atoms with van der Waals surface area (Å²) in [6.45, 7) is 15.1. The Labute approximate surface area is 246 Å². The molecular formula is C37H45NO3. The molecule has 0 saturated carbocycles. The number of methoxy groups -OCH3 is 1. The van der Waals surface area contributed by atoms with E-state index in [1.54, 1.807) is 7.11 Å². The third kappa shape index (κ3) is 6.66. The normalized spacial score (nSPS) is 12.2. The lowest BCUT2D eigenvalue weighted by molar-refractivity contribution is 0.138. The number of rotatable bonds is 11. The van der Waals surface area contributed by atoms with E-state index in [0.29, 0.717) is 37.7 Å². The number of aromatic hydroxyl groups is 2. The van der Waals surface area contributed by atoms with E-state index in [0.717, 1.165) is 38.9 Å². The van der Waals surface area contributed by atoms with Gasteiger partial charge in [0.1, 0.15) is 11.5 Å². The summed E-state index contributed by atoms with van der Waals surface area (Å²) in [5.74, 6) is 0.644.